The lowest BCUT2D eigenvalue weighted by molar-refractivity contribution is -0.156. The molecule has 0 radical (unpaired) electrons. The number of hydrogen-bond donors (Lipinski definition) is 2. The van der Waals surface area contributed by atoms with Crippen molar-refractivity contribution >= 4 is 11.9 Å². The Bertz CT molecular complexity index is 713. The van der Waals surface area contributed by atoms with Gasteiger partial charge in [0.1, 0.15) is 18.8 Å². The Morgan fingerprint density at radius 2 is 2.00 bits per heavy atom. The van der Waals surface area contributed by atoms with Crippen LogP contribution in [-0.2, 0) is 23.8 Å². The Kier molecular flexibility index (Phi) is 4.94. The second-order valence-electron chi connectivity index (χ2n) is 4.94. The van der Waals surface area contributed by atoms with Gasteiger partial charge in [-0.05, 0) is 0 Å². The minimum absolute atomic E-state index is 0.167. The first-order valence-electron chi connectivity index (χ1n) is 6.71. The number of H-pyrrole nitrogens is 2. The molecule has 1 fully saturated rings. The zero-order valence-electron chi connectivity index (χ0n) is 12.3. The molecule has 2 N–H and O–H groups in total. The number of ether oxygens (including phenoxy) is 3. The highest BCUT2D eigenvalue weighted by Crippen LogP contribution is 2.36. The van der Waals surface area contributed by atoms with Gasteiger partial charge >= 0.3 is 17.6 Å². The van der Waals surface area contributed by atoms with Crippen LogP contribution in [0.5, 0.6) is 0 Å². The molecule has 10 heteroatoms. The average molecular weight is 330 g/mol. The summed E-state index contributed by atoms with van der Waals surface area (Å²) in [5.41, 5.74) is -1.74. The molecule has 0 bridgehead atoms. The second kappa shape index (κ2) is 6.73. The van der Waals surface area contributed by atoms with E-state index in [4.69, 9.17) is 14.2 Å². The van der Waals surface area contributed by atoms with Crippen molar-refractivity contribution in [3.05, 3.63) is 32.6 Å². The van der Waals surface area contributed by atoms with Gasteiger partial charge in [0, 0.05) is 20.0 Å². The maximum absolute atomic E-state index is 14.6. The lowest BCUT2D eigenvalue weighted by Gasteiger charge is -2.18. The van der Waals surface area contributed by atoms with Crippen molar-refractivity contribution in [3.8, 4) is 0 Å². The van der Waals surface area contributed by atoms with Crippen LogP contribution >= 0.6 is 0 Å². The van der Waals surface area contributed by atoms with Gasteiger partial charge in [0.2, 0.25) is 0 Å². The maximum atomic E-state index is 14.6. The van der Waals surface area contributed by atoms with E-state index in [1.165, 1.54) is 0 Å². The monoisotopic (exact) mass is 330 g/mol. The quantitative estimate of drug-likeness (QED) is 0.701. The van der Waals surface area contributed by atoms with Gasteiger partial charge in [-0.15, -0.1) is 0 Å². The van der Waals surface area contributed by atoms with Crippen LogP contribution in [0.2, 0.25) is 0 Å². The van der Waals surface area contributed by atoms with Crippen molar-refractivity contribution in [3.63, 3.8) is 0 Å². The van der Waals surface area contributed by atoms with Gasteiger partial charge in [-0.2, -0.15) is 0 Å². The fraction of sp³-hybridized carbons (Fsp3) is 0.538. The molecule has 1 aromatic heterocycles. The topological polar surface area (TPSA) is 128 Å². The van der Waals surface area contributed by atoms with E-state index < -0.39 is 47.7 Å². The molecule has 0 aromatic carbocycles. The van der Waals surface area contributed by atoms with Crippen LogP contribution < -0.4 is 11.2 Å². The third-order valence-corrected chi connectivity index (χ3v) is 3.20. The molecule has 23 heavy (non-hydrogen) atoms. The Balaban J connectivity index is 2.27. The molecule has 0 unspecified atom stereocenters. The number of esters is 2. The van der Waals surface area contributed by atoms with Gasteiger partial charge in [-0.1, -0.05) is 0 Å². The van der Waals surface area contributed by atoms with E-state index >= 15 is 0 Å². The number of carbonyl (C=O) groups is 2. The molecule has 0 spiro atoms. The summed E-state index contributed by atoms with van der Waals surface area (Å²) in [4.78, 5) is 48.9. The van der Waals surface area contributed by atoms with Crippen LogP contribution in [-0.4, -0.2) is 46.9 Å². The molecule has 0 aliphatic carbocycles. The van der Waals surface area contributed by atoms with Crippen molar-refractivity contribution in [2.24, 2.45) is 0 Å². The molecule has 9 nitrogen and oxygen atoms in total. The molecule has 0 saturated carbocycles. The van der Waals surface area contributed by atoms with Crippen molar-refractivity contribution in [2.75, 3.05) is 6.61 Å². The third-order valence-electron chi connectivity index (χ3n) is 3.20. The fourth-order valence-corrected chi connectivity index (χ4v) is 2.26. The second-order valence-corrected chi connectivity index (χ2v) is 4.94. The Morgan fingerprint density at radius 3 is 2.57 bits per heavy atom. The predicted molar refractivity (Wildman–Crippen MR) is 72.4 cm³/mol. The largest absolute Gasteiger partial charge is 0.463 e. The first kappa shape index (κ1) is 16.9. The van der Waals surface area contributed by atoms with E-state index in [0.29, 0.717) is 0 Å². The average Bonchev–Trinajstić information content (AvgIpc) is 2.73. The number of nitrogens with one attached hydrogen (secondary N) is 2. The summed E-state index contributed by atoms with van der Waals surface area (Å²) in [6.45, 7) is 1.91. The van der Waals surface area contributed by atoms with Crippen molar-refractivity contribution in [1.29, 1.82) is 0 Å². The Morgan fingerprint density at radius 1 is 1.30 bits per heavy atom. The summed E-state index contributed by atoms with van der Waals surface area (Å²) < 4.78 is 29.6. The SMILES string of the molecule is CC(=O)OC[C@H]1O[C@@H](c2c[nH]c(=O)[nH]c2=O)[C@@H](F)[C@@H]1OC(C)=O. The molecule has 1 saturated heterocycles. The van der Waals surface area contributed by atoms with Crippen LogP contribution in [0.15, 0.2) is 15.8 Å². The molecule has 1 aliphatic heterocycles. The van der Waals surface area contributed by atoms with Gasteiger partial charge in [0.05, 0.1) is 5.56 Å². The van der Waals surface area contributed by atoms with Crippen molar-refractivity contribution in [1.82, 2.24) is 9.97 Å². The molecule has 0 amide bonds. The lowest BCUT2D eigenvalue weighted by Crippen LogP contribution is -2.36. The van der Waals surface area contributed by atoms with Crippen molar-refractivity contribution in [2.45, 2.75) is 38.3 Å². The minimum Gasteiger partial charge on any atom is -0.463 e. The van der Waals surface area contributed by atoms with Gasteiger partial charge in [0.15, 0.2) is 12.3 Å². The number of rotatable bonds is 4. The van der Waals surface area contributed by atoms with E-state index in [9.17, 15) is 23.6 Å². The first-order chi connectivity index (χ1) is 10.8. The van der Waals surface area contributed by atoms with E-state index in [1.807, 2.05) is 4.98 Å². The fourth-order valence-electron chi connectivity index (χ4n) is 2.26. The number of alkyl halides is 1. The summed E-state index contributed by atoms with van der Waals surface area (Å²) in [6, 6.07) is 0. The number of carbonyl (C=O) groups excluding carboxylic acids is 2. The molecule has 126 valence electrons. The molecule has 2 heterocycles. The number of aromatic amines is 2. The number of halogens is 1. The van der Waals surface area contributed by atoms with E-state index in [2.05, 4.69) is 4.98 Å². The molecular weight excluding hydrogens is 315 g/mol. The van der Waals surface area contributed by atoms with Crippen LogP contribution in [0, 0.1) is 0 Å². The summed E-state index contributed by atoms with van der Waals surface area (Å²) in [5.74, 6) is -1.36. The van der Waals surface area contributed by atoms with Crippen LogP contribution in [0.1, 0.15) is 25.5 Å². The highest BCUT2D eigenvalue weighted by Gasteiger charge is 2.49. The Hall–Kier alpha value is -2.49. The maximum Gasteiger partial charge on any atom is 0.325 e. The first-order valence-corrected chi connectivity index (χ1v) is 6.71. The highest BCUT2D eigenvalue weighted by molar-refractivity contribution is 5.66. The standard InChI is InChI=1S/C13H15FN2O7/c1-5(17)21-4-8-11(22-6(2)18)9(14)10(23-8)7-3-15-13(20)16-12(7)19/h3,8-11H,4H2,1-2H3,(H2,15,16,19,20)/t8-,9-,10+,11-/m1/s1. The normalized spacial score (nSPS) is 26.7. The zero-order valence-corrected chi connectivity index (χ0v) is 12.3. The predicted octanol–water partition coefficient (Wildman–Crippen LogP) is -0.664. The summed E-state index contributed by atoms with van der Waals surface area (Å²) in [7, 11) is 0. The summed E-state index contributed by atoms with van der Waals surface area (Å²) in [6.07, 6.45) is -4.64. The number of hydrogen-bond acceptors (Lipinski definition) is 7. The van der Waals surface area contributed by atoms with Crippen LogP contribution in [0.4, 0.5) is 4.39 Å². The van der Waals surface area contributed by atoms with Crippen LogP contribution in [0.3, 0.4) is 0 Å². The van der Waals surface area contributed by atoms with E-state index in [1.54, 1.807) is 0 Å². The van der Waals surface area contributed by atoms with E-state index in [-0.39, 0.29) is 12.2 Å². The van der Waals surface area contributed by atoms with Crippen LogP contribution in [0.25, 0.3) is 0 Å². The van der Waals surface area contributed by atoms with Gasteiger partial charge < -0.3 is 19.2 Å². The highest BCUT2D eigenvalue weighted by atomic mass is 19.1. The van der Waals surface area contributed by atoms with Gasteiger partial charge in [-0.3, -0.25) is 19.4 Å². The van der Waals surface area contributed by atoms with Gasteiger partial charge in [0.25, 0.3) is 5.56 Å². The molecule has 1 aliphatic rings. The minimum atomic E-state index is -1.87. The molecule has 2 rings (SSSR count). The summed E-state index contributed by atoms with van der Waals surface area (Å²) >= 11 is 0. The molecular formula is C13H15FN2O7. The molecule has 4 atom stereocenters. The zero-order chi connectivity index (χ0) is 17.1. The molecule has 1 aromatic rings. The third kappa shape index (κ3) is 3.83. The van der Waals surface area contributed by atoms with E-state index in [0.717, 1.165) is 20.0 Å². The Labute approximate surface area is 128 Å². The summed E-state index contributed by atoms with van der Waals surface area (Å²) in [5, 5.41) is 0. The van der Waals surface area contributed by atoms with Gasteiger partial charge in [-0.25, -0.2) is 9.18 Å². The smallest absolute Gasteiger partial charge is 0.325 e. The lowest BCUT2D eigenvalue weighted by atomic mass is 10.0. The number of aromatic nitrogens is 2. The van der Waals surface area contributed by atoms with Crippen molar-refractivity contribution < 1.29 is 28.2 Å².